The standard InChI is InChI=1S/C13H17NO6/c1-3-20-11(17)7-4-5-8-13(2,12(18)19)9(15)6-10(16)14(7)8/h6-8,15H,3-5H2,1-2H3,(H,18,19)/t7-,8?,13?/m0/s1. The number of hydrogen-bond donors (Lipinski definition) is 2. The maximum atomic E-state index is 12.0. The highest BCUT2D eigenvalue weighted by Gasteiger charge is 2.57. The number of rotatable bonds is 3. The van der Waals surface area contributed by atoms with Gasteiger partial charge < -0.3 is 19.8 Å². The van der Waals surface area contributed by atoms with Crippen LogP contribution >= 0.6 is 0 Å². The first-order valence-electron chi connectivity index (χ1n) is 6.47. The van der Waals surface area contributed by atoms with Crippen molar-refractivity contribution in [1.82, 2.24) is 4.90 Å². The number of aliphatic hydroxyl groups is 1. The zero-order chi connectivity index (χ0) is 15.1. The smallest absolute Gasteiger partial charge is 0.328 e. The molecule has 0 saturated carbocycles. The van der Waals surface area contributed by atoms with Gasteiger partial charge in [-0.15, -0.1) is 0 Å². The minimum Gasteiger partial charge on any atom is -0.511 e. The average Bonchev–Trinajstić information content (AvgIpc) is 2.81. The van der Waals surface area contributed by atoms with Crippen molar-refractivity contribution < 1.29 is 29.3 Å². The van der Waals surface area contributed by atoms with E-state index >= 15 is 0 Å². The fourth-order valence-corrected chi connectivity index (χ4v) is 2.92. The highest BCUT2D eigenvalue weighted by atomic mass is 16.5. The van der Waals surface area contributed by atoms with E-state index < -0.39 is 41.1 Å². The van der Waals surface area contributed by atoms with Crippen molar-refractivity contribution in [1.29, 1.82) is 0 Å². The Morgan fingerprint density at radius 2 is 2.15 bits per heavy atom. The van der Waals surface area contributed by atoms with E-state index in [1.807, 2.05) is 0 Å². The molecule has 1 amide bonds. The fourth-order valence-electron chi connectivity index (χ4n) is 2.92. The Morgan fingerprint density at radius 1 is 1.50 bits per heavy atom. The lowest BCUT2D eigenvalue weighted by Gasteiger charge is -2.41. The summed E-state index contributed by atoms with van der Waals surface area (Å²) in [5.41, 5.74) is -1.59. The third-order valence-electron chi connectivity index (χ3n) is 4.10. The van der Waals surface area contributed by atoms with Crippen LogP contribution in [0, 0.1) is 5.41 Å². The van der Waals surface area contributed by atoms with Gasteiger partial charge in [0.15, 0.2) is 0 Å². The Bertz CT molecular complexity index is 499. The first kappa shape index (κ1) is 14.4. The van der Waals surface area contributed by atoms with Gasteiger partial charge in [0.1, 0.15) is 17.2 Å². The Morgan fingerprint density at radius 3 is 2.70 bits per heavy atom. The van der Waals surface area contributed by atoms with Gasteiger partial charge in [-0.2, -0.15) is 0 Å². The number of esters is 1. The van der Waals surface area contributed by atoms with Crippen molar-refractivity contribution in [2.45, 2.75) is 38.8 Å². The van der Waals surface area contributed by atoms with Crippen LogP contribution in [0.15, 0.2) is 11.8 Å². The normalized spacial score (nSPS) is 32.6. The van der Waals surface area contributed by atoms with E-state index in [4.69, 9.17) is 4.74 Å². The maximum absolute atomic E-state index is 12.0. The third kappa shape index (κ3) is 1.85. The molecular weight excluding hydrogens is 266 g/mol. The molecule has 110 valence electrons. The van der Waals surface area contributed by atoms with Gasteiger partial charge >= 0.3 is 11.9 Å². The highest BCUT2D eigenvalue weighted by molar-refractivity contribution is 5.96. The Hall–Kier alpha value is -2.05. The molecule has 0 aromatic heterocycles. The lowest BCUT2D eigenvalue weighted by Crippen LogP contribution is -2.57. The molecule has 0 spiro atoms. The van der Waals surface area contributed by atoms with Gasteiger partial charge in [0.2, 0.25) is 0 Å². The number of fused-ring (bicyclic) bond motifs is 1. The van der Waals surface area contributed by atoms with Crippen LogP contribution in [0.5, 0.6) is 0 Å². The van der Waals surface area contributed by atoms with Crippen LogP contribution in [0.25, 0.3) is 0 Å². The lowest BCUT2D eigenvalue weighted by molar-refractivity contribution is -0.161. The van der Waals surface area contributed by atoms with E-state index in [1.54, 1.807) is 6.92 Å². The molecule has 2 N–H and O–H groups in total. The summed E-state index contributed by atoms with van der Waals surface area (Å²) >= 11 is 0. The van der Waals surface area contributed by atoms with Crippen molar-refractivity contribution in [2.75, 3.05) is 6.61 Å². The number of carboxylic acid groups (broad SMARTS) is 1. The van der Waals surface area contributed by atoms with Crippen molar-refractivity contribution in [3.8, 4) is 0 Å². The van der Waals surface area contributed by atoms with Crippen molar-refractivity contribution in [3.63, 3.8) is 0 Å². The number of aliphatic hydroxyl groups excluding tert-OH is 1. The maximum Gasteiger partial charge on any atom is 0.328 e. The van der Waals surface area contributed by atoms with Gasteiger partial charge in [-0.3, -0.25) is 9.59 Å². The van der Waals surface area contributed by atoms with Crippen LogP contribution in [-0.2, 0) is 19.1 Å². The molecule has 2 unspecified atom stereocenters. The van der Waals surface area contributed by atoms with E-state index in [1.165, 1.54) is 11.8 Å². The lowest BCUT2D eigenvalue weighted by atomic mass is 9.77. The summed E-state index contributed by atoms with van der Waals surface area (Å²) in [7, 11) is 0. The van der Waals surface area contributed by atoms with Crippen molar-refractivity contribution in [2.24, 2.45) is 5.41 Å². The minimum atomic E-state index is -1.59. The van der Waals surface area contributed by atoms with E-state index in [9.17, 15) is 24.6 Å². The Kier molecular flexibility index (Phi) is 3.45. The van der Waals surface area contributed by atoms with Gasteiger partial charge in [-0.25, -0.2) is 4.79 Å². The summed E-state index contributed by atoms with van der Waals surface area (Å²) in [4.78, 5) is 36.6. The average molecular weight is 283 g/mol. The van der Waals surface area contributed by atoms with Crippen LogP contribution in [0.4, 0.5) is 0 Å². The molecule has 1 saturated heterocycles. The summed E-state index contributed by atoms with van der Waals surface area (Å²) in [6.07, 6.45) is 1.54. The monoisotopic (exact) mass is 283 g/mol. The molecule has 2 rings (SSSR count). The molecule has 0 radical (unpaired) electrons. The van der Waals surface area contributed by atoms with Crippen LogP contribution in [0.2, 0.25) is 0 Å². The molecule has 0 bridgehead atoms. The van der Waals surface area contributed by atoms with Crippen LogP contribution < -0.4 is 0 Å². The van der Waals surface area contributed by atoms with E-state index in [0.29, 0.717) is 12.8 Å². The summed E-state index contributed by atoms with van der Waals surface area (Å²) in [6.45, 7) is 3.22. The second-order valence-electron chi connectivity index (χ2n) is 5.14. The second-order valence-corrected chi connectivity index (χ2v) is 5.14. The second kappa shape index (κ2) is 4.81. The number of amides is 1. The van der Waals surface area contributed by atoms with Gasteiger partial charge in [0.25, 0.3) is 5.91 Å². The van der Waals surface area contributed by atoms with Gasteiger partial charge in [0.05, 0.1) is 12.6 Å². The number of ether oxygens (including phenoxy) is 1. The molecule has 2 aliphatic rings. The number of carbonyl (C=O) groups is 3. The predicted molar refractivity (Wildman–Crippen MR) is 66.7 cm³/mol. The summed E-state index contributed by atoms with van der Waals surface area (Å²) < 4.78 is 4.92. The molecule has 2 aliphatic heterocycles. The Labute approximate surface area is 115 Å². The van der Waals surface area contributed by atoms with Crippen LogP contribution in [0.1, 0.15) is 26.7 Å². The number of hydrogen-bond acceptors (Lipinski definition) is 5. The van der Waals surface area contributed by atoms with Crippen LogP contribution in [-0.4, -0.2) is 51.6 Å². The number of nitrogens with zero attached hydrogens (tertiary/aromatic N) is 1. The fraction of sp³-hybridized carbons (Fsp3) is 0.615. The molecule has 0 aromatic rings. The topological polar surface area (TPSA) is 104 Å². The minimum absolute atomic E-state index is 0.194. The van der Waals surface area contributed by atoms with E-state index in [-0.39, 0.29) is 6.61 Å². The highest BCUT2D eigenvalue weighted by Crippen LogP contribution is 2.44. The largest absolute Gasteiger partial charge is 0.511 e. The third-order valence-corrected chi connectivity index (χ3v) is 4.10. The van der Waals surface area contributed by atoms with Crippen molar-refractivity contribution >= 4 is 17.8 Å². The molecule has 2 heterocycles. The van der Waals surface area contributed by atoms with Crippen LogP contribution in [0.3, 0.4) is 0 Å². The number of carbonyl (C=O) groups excluding carboxylic acids is 2. The quantitative estimate of drug-likeness (QED) is 0.729. The molecule has 1 fully saturated rings. The summed E-state index contributed by atoms with van der Waals surface area (Å²) in [5, 5.41) is 19.2. The first-order valence-corrected chi connectivity index (χ1v) is 6.47. The molecule has 0 aromatic carbocycles. The van der Waals surface area contributed by atoms with E-state index in [2.05, 4.69) is 0 Å². The molecule has 20 heavy (non-hydrogen) atoms. The first-order chi connectivity index (χ1) is 9.33. The molecular formula is C13H17NO6. The molecule has 0 aliphatic carbocycles. The molecule has 7 heteroatoms. The number of aliphatic carboxylic acids is 1. The summed E-state index contributed by atoms with van der Waals surface area (Å²) in [6, 6.07) is -1.53. The molecule has 7 nitrogen and oxygen atoms in total. The predicted octanol–water partition coefficient (Wildman–Crippen LogP) is 0.455. The van der Waals surface area contributed by atoms with E-state index in [0.717, 1.165) is 6.08 Å². The molecule has 3 atom stereocenters. The zero-order valence-corrected chi connectivity index (χ0v) is 11.3. The van der Waals surface area contributed by atoms with Gasteiger partial charge in [-0.05, 0) is 26.7 Å². The number of carboxylic acids is 1. The summed E-state index contributed by atoms with van der Waals surface area (Å²) in [5.74, 6) is -2.79. The van der Waals surface area contributed by atoms with Crippen molar-refractivity contribution in [3.05, 3.63) is 11.8 Å². The van der Waals surface area contributed by atoms with Gasteiger partial charge in [-0.1, -0.05) is 0 Å². The SMILES string of the molecule is CCOC(=O)[C@@H]1CCC2N1C(=O)C=C(O)C2(C)C(=O)O. The Balaban J connectivity index is 2.39. The van der Waals surface area contributed by atoms with Gasteiger partial charge in [0, 0.05) is 6.08 Å². The zero-order valence-electron chi connectivity index (χ0n) is 11.3.